The quantitative estimate of drug-likeness (QED) is 0.0357. The molecule has 0 saturated heterocycles. The summed E-state index contributed by atoms with van der Waals surface area (Å²) >= 11 is 0. The van der Waals surface area contributed by atoms with Crippen molar-refractivity contribution in [3.05, 3.63) is 0 Å². The Hall–Kier alpha value is -0.500. The van der Waals surface area contributed by atoms with Crippen molar-refractivity contribution in [3.8, 4) is 0 Å². The minimum absolute atomic E-state index is 0.0169. The molecule has 0 fully saturated rings. The van der Waals surface area contributed by atoms with Crippen molar-refractivity contribution in [1.82, 2.24) is 5.32 Å². The molecule has 0 heterocycles. The van der Waals surface area contributed by atoms with Crippen molar-refractivity contribution in [2.24, 2.45) is 0 Å². The Morgan fingerprint density at radius 3 is 0.861 bits per heavy atom. The van der Waals surface area contributed by atoms with Crippen LogP contribution in [0.1, 0.15) is 393 Å². The molecule has 79 heavy (non-hydrogen) atoms. The van der Waals surface area contributed by atoms with Gasteiger partial charge in [-0.1, -0.05) is 373 Å². The van der Waals surface area contributed by atoms with E-state index >= 15 is 0 Å². The fourth-order valence-corrected chi connectivity index (χ4v) is 12.2. The van der Waals surface area contributed by atoms with Crippen LogP contribution < -0.4 is 10.2 Å². The Kier molecular flexibility index (Phi) is 61.7. The van der Waals surface area contributed by atoms with Crippen LogP contribution in [0.25, 0.3) is 0 Å². The van der Waals surface area contributed by atoms with Crippen LogP contribution in [0.15, 0.2) is 0 Å². The second-order valence-corrected chi connectivity index (χ2v) is 27.7. The van der Waals surface area contributed by atoms with E-state index in [9.17, 15) is 19.4 Å². The molecule has 0 aromatic rings. The molecule has 1 amide bonds. The van der Waals surface area contributed by atoms with Gasteiger partial charge in [-0.2, -0.15) is 0 Å². The third-order valence-electron chi connectivity index (χ3n) is 17.1. The molecule has 474 valence electrons. The number of hydrogen-bond donors (Lipinski definition) is 2. The second kappa shape index (κ2) is 62.0. The summed E-state index contributed by atoms with van der Waals surface area (Å²) in [4.78, 5) is 25.7. The topological polar surface area (TPSA) is 108 Å². The summed E-state index contributed by atoms with van der Waals surface area (Å²) in [7, 11) is 1.33. The first-order valence-corrected chi connectivity index (χ1v) is 37.3. The van der Waals surface area contributed by atoms with Crippen molar-refractivity contribution >= 4 is 13.7 Å². The number of phosphoric acid groups is 1. The maximum atomic E-state index is 13.1. The highest BCUT2D eigenvalue weighted by molar-refractivity contribution is 7.45. The summed E-state index contributed by atoms with van der Waals surface area (Å²) in [6.07, 6.45) is 77.7. The van der Waals surface area contributed by atoms with E-state index in [1.165, 1.54) is 327 Å². The summed E-state index contributed by atoms with van der Waals surface area (Å²) in [6.45, 7) is 4.80. The molecule has 3 atom stereocenters. The third-order valence-corrected chi connectivity index (χ3v) is 18.1. The molecule has 0 rings (SSSR count). The minimum Gasteiger partial charge on any atom is -0.756 e. The summed E-state index contributed by atoms with van der Waals surface area (Å²) in [5, 5.41) is 14.1. The van der Waals surface area contributed by atoms with E-state index in [0.29, 0.717) is 23.9 Å². The monoisotopic (exact) mass is 1140 g/mol. The number of nitrogens with zero attached hydrogens (tertiary/aromatic N) is 1. The number of carbonyl (C=O) groups is 1. The zero-order valence-corrected chi connectivity index (χ0v) is 55.3. The number of likely N-dealkylation sites (N-methyl/N-ethyl adjacent to an activating group) is 1. The molecule has 0 bridgehead atoms. The van der Waals surface area contributed by atoms with E-state index in [0.717, 1.165) is 38.5 Å². The molecular formula is C70H143N2O6P. The van der Waals surface area contributed by atoms with Gasteiger partial charge in [-0.15, -0.1) is 0 Å². The number of nitrogens with one attached hydrogen (secondary N) is 1. The summed E-state index contributed by atoms with van der Waals surface area (Å²) < 4.78 is 23.5. The summed E-state index contributed by atoms with van der Waals surface area (Å²) in [6, 6.07) is -0.796. The molecule has 0 aliphatic carbocycles. The second-order valence-electron chi connectivity index (χ2n) is 26.3. The Labute approximate surface area is 495 Å². The fraction of sp³-hybridized carbons (Fsp3) is 0.986. The predicted octanol–water partition coefficient (Wildman–Crippen LogP) is 22.1. The van der Waals surface area contributed by atoms with Crippen LogP contribution in [0, 0.1) is 0 Å². The molecule has 3 unspecified atom stereocenters. The van der Waals surface area contributed by atoms with Crippen molar-refractivity contribution in [3.63, 3.8) is 0 Å². The van der Waals surface area contributed by atoms with Gasteiger partial charge in [-0.05, 0) is 12.8 Å². The first-order chi connectivity index (χ1) is 38.5. The summed E-state index contributed by atoms with van der Waals surface area (Å²) in [5.74, 6) is -0.153. The molecule has 2 N–H and O–H groups in total. The molecule has 0 saturated carbocycles. The van der Waals surface area contributed by atoms with E-state index < -0.39 is 20.0 Å². The molecule has 0 radical (unpaired) electrons. The molecule has 0 spiro atoms. The number of carbonyl (C=O) groups excluding carboxylic acids is 1. The average molecular weight is 1140 g/mol. The van der Waals surface area contributed by atoms with E-state index in [1.54, 1.807) is 0 Å². The lowest BCUT2D eigenvalue weighted by Crippen LogP contribution is -2.46. The van der Waals surface area contributed by atoms with Crippen LogP contribution in [0.3, 0.4) is 0 Å². The lowest BCUT2D eigenvalue weighted by Gasteiger charge is -2.30. The van der Waals surface area contributed by atoms with Crippen molar-refractivity contribution in [1.29, 1.82) is 0 Å². The number of aliphatic hydroxyl groups excluding tert-OH is 1. The van der Waals surface area contributed by atoms with E-state index in [-0.39, 0.29) is 19.1 Å². The highest BCUT2D eigenvalue weighted by Gasteiger charge is 2.24. The average Bonchev–Trinajstić information content (AvgIpc) is 3.42. The standard InChI is InChI=1S/C70H143N2O6P/c1-6-8-10-12-14-16-18-20-22-24-26-28-29-30-31-32-33-34-35-36-37-38-39-40-41-42-44-46-48-50-52-54-56-58-60-62-64-70(74)71-68(67-78-79(75,76)77-66-65-72(3,4)5)69(73)63-61-59-57-55-53-51-49-47-45-43-27-25-23-21-19-17-15-13-11-9-7-2/h68-69,73H,6-67H2,1-5H3,(H-,71,74,75,76). The Balaban J connectivity index is 3.90. The zero-order chi connectivity index (χ0) is 57.7. The lowest BCUT2D eigenvalue weighted by atomic mass is 10.0. The number of quaternary nitrogens is 1. The van der Waals surface area contributed by atoms with Crippen molar-refractivity contribution in [2.45, 2.75) is 405 Å². The number of unbranched alkanes of at least 4 members (excludes halogenated alkanes) is 55. The van der Waals surface area contributed by atoms with Gasteiger partial charge in [-0.25, -0.2) is 0 Å². The predicted molar refractivity (Wildman–Crippen MR) is 344 cm³/mol. The largest absolute Gasteiger partial charge is 0.756 e. The van der Waals surface area contributed by atoms with Gasteiger partial charge < -0.3 is 28.8 Å². The van der Waals surface area contributed by atoms with Gasteiger partial charge in [0.15, 0.2) is 0 Å². The fourth-order valence-electron chi connectivity index (χ4n) is 11.5. The molecule has 0 aromatic heterocycles. The van der Waals surface area contributed by atoms with Crippen LogP contribution in [-0.4, -0.2) is 68.5 Å². The van der Waals surface area contributed by atoms with Gasteiger partial charge in [-0.3, -0.25) is 9.36 Å². The maximum Gasteiger partial charge on any atom is 0.268 e. The maximum absolute atomic E-state index is 13.1. The van der Waals surface area contributed by atoms with Gasteiger partial charge >= 0.3 is 0 Å². The first-order valence-electron chi connectivity index (χ1n) is 35.9. The number of aliphatic hydroxyl groups is 1. The highest BCUT2D eigenvalue weighted by Crippen LogP contribution is 2.38. The number of hydrogen-bond acceptors (Lipinski definition) is 6. The number of rotatable bonds is 68. The van der Waals surface area contributed by atoms with Crippen LogP contribution >= 0.6 is 7.82 Å². The lowest BCUT2D eigenvalue weighted by molar-refractivity contribution is -0.870. The number of amides is 1. The summed E-state index contributed by atoms with van der Waals surface area (Å²) in [5.41, 5.74) is 0. The van der Waals surface area contributed by atoms with Crippen LogP contribution in [0.2, 0.25) is 0 Å². The van der Waals surface area contributed by atoms with Gasteiger partial charge in [0.05, 0.1) is 39.9 Å². The van der Waals surface area contributed by atoms with E-state index in [2.05, 4.69) is 19.2 Å². The van der Waals surface area contributed by atoms with E-state index in [4.69, 9.17) is 9.05 Å². The Bertz CT molecular complexity index is 1250. The third kappa shape index (κ3) is 64.9. The molecule has 0 aliphatic rings. The first kappa shape index (κ1) is 78.5. The zero-order valence-electron chi connectivity index (χ0n) is 54.4. The van der Waals surface area contributed by atoms with Gasteiger partial charge in [0.25, 0.3) is 7.82 Å². The molecule has 0 aliphatic heterocycles. The van der Waals surface area contributed by atoms with Crippen LogP contribution in [0.4, 0.5) is 0 Å². The molecule has 0 aromatic carbocycles. The number of phosphoric ester groups is 1. The molecule has 9 heteroatoms. The van der Waals surface area contributed by atoms with Crippen LogP contribution in [-0.2, 0) is 18.4 Å². The van der Waals surface area contributed by atoms with Gasteiger partial charge in [0, 0.05) is 6.42 Å². The SMILES string of the molecule is CCCCCCCCCCCCCCCCCCCCCCCCCCCCCCCCCCCCCCC(=O)NC(COP(=O)([O-])OCC[N+](C)(C)C)C(O)CCCCCCCCCCCCCCCCCCCCCCC. The van der Waals surface area contributed by atoms with E-state index in [1.807, 2.05) is 21.1 Å². The van der Waals surface area contributed by atoms with Gasteiger partial charge in [0.2, 0.25) is 5.91 Å². The minimum atomic E-state index is -4.57. The van der Waals surface area contributed by atoms with Crippen LogP contribution in [0.5, 0.6) is 0 Å². The molecular weight excluding hydrogens is 996 g/mol. The highest BCUT2D eigenvalue weighted by atomic mass is 31.2. The van der Waals surface area contributed by atoms with Crippen molar-refractivity contribution < 1.29 is 32.9 Å². The molecule has 8 nitrogen and oxygen atoms in total. The van der Waals surface area contributed by atoms with Crippen molar-refractivity contribution in [2.75, 3.05) is 40.9 Å². The normalized spacial score (nSPS) is 13.6. The smallest absolute Gasteiger partial charge is 0.268 e. The van der Waals surface area contributed by atoms with Gasteiger partial charge in [0.1, 0.15) is 13.2 Å². The Morgan fingerprint density at radius 1 is 0.392 bits per heavy atom. The Morgan fingerprint density at radius 2 is 0.620 bits per heavy atom.